The highest BCUT2D eigenvalue weighted by atomic mass is 35.5. The summed E-state index contributed by atoms with van der Waals surface area (Å²) >= 11 is 7.39. The molecule has 0 atom stereocenters. The van der Waals surface area contributed by atoms with Crippen molar-refractivity contribution >= 4 is 29.1 Å². The number of anilines is 1. The maximum Gasteiger partial charge on any atom is 0.157 e. The molecule has 2 aromatic rings. The van der Waals surface area contributed by atoms with E-state index >= 15 is 0 Å². The fourth-order valence-electron chi connectivity index (χ4n) is 1.28. The molecule has 0 aromatic heterocycles. The summed E-state index contributed by atoms with van der Waals surface area (Å²) in [4.78, 5) is 2.01. The van der Waals surface area contributed by atoms with Gasteiger partial charge in [0.2, 0.25) is 0 Å². The number of aromatic hydroxyl groups is 1. The highest BCUT2D eigenvalue weighted by Crippen LogP contribution is 2.37. The molecule has 0 saturated heterocycles. The zero-order valence-electron chi connectivity index (χ0n) is 8.35. The molecular weight excluding hydrogens is 242 g/mol. The number of phenolic OH excluding ortho intramolecular Hbond substituents is 1. The largest absolute Gasteiger partial charge is 0.504 e. The van der Waals surface area contributed by atoms with Gasteiger partial charge in [0.15, 0.2) is 5.75 Å². The predicted octanol–water partition coefficient (Wildman–Crippen LogP) is 3.78. The molecular formula is C12H10ClNOS. The summed E-state index contributed by atoms with van der Waals surface area (Å²) in [5.41, 5.74) is 5.92. The van der Waals surface area contributed by atoms with Crippen molar-refractivity contribution in [1.29, 1.82) is 0 Å². The second kappa shape index (κ2) is 4.68. The molecule has 0 aliphatic carbocycles. The van der Waals surface area contributed by atoms with Crippen molar-refractivity contribution in [2.24, 2.45) is 0 Å². The van der Waals surface area contributed by atoms with Gasteiger partial charge in [-0.3, -0.25) is 0 Å². The molecule has 4 heteroatoms. The number of nitrogens with two attached hydrogens (primary N) is 1. The maximum absolute atomic E-state index is 9.43. The van der Waals surface area contributed by atoms with Crippen LogP contribution in [0.5, 0.6) is 5.75 Å². The highest BCUT2D eigenvalue weighted by Gasteiger charge is 2.06. The van der Waals surface area contributed by atoms with Gasteiger partial charge in [0.05, 0.1) is 10.7 Å². The Morgan fingerprint density at radius 1 is 1.06 bits per heavy atom. The first-order valence-electron chi connectivity index (χ1n) is 4.67. The second-order valence-corrected chi connectivity index (χ2v) is 4.81. The normalized spacial score (nSPS) is 10.3. The van der Waals surface area contributed by atoms with Crippen molar-refractivity contribution in [3.05, 3.63) is 47.5 Å². The summed E-state index contributed by atoms with van der Waals surface area (Å²) in [6.07, 6.45) is 0. The Labute approximate surface area is 103 Å². The molecule has 0 heterocycles. The molecule has 16 heavy (non-hydrogen) atoms. The van der Waals surface area contributed by atoms with Crippen LogP contribution in [-0.4, -0.2) is 5.11 Å². The molecule has 0 unspecified atom stereocenters. The van der Waals surface area contributed by atoms with Gasteiger partial charge in [-0.1, -0.05) is 41.6 Å². The Kier molecular flexibility index (Phi) is 3.27. The molecule has 2 nitrogen and oxygen atoms in total. The Bertz CT molecular complexity index is 479. The van der Waals surface area contributed by atoms with Crippen LogP contribution in [0.3, 0.4) is 0 Å². The van der Waals surface area contributed by atoms with Gasteiger partial charge in [-0.25, -0.2) is 0 Å². The maximum atomic E-state index is 9.43. The Morgan fingerprint density at radius 3 is 2.38 bits per heavy atom. The van der Waals surface area contributed by atoms with E-state index in [1.165, 1.54) is 0 Å². The third-order valence-corrected chi connectivity index (χ3v) is 3.31. The minimum atomic E-state index is -0.0564. The summed E-state index contributed by atoms with van der Waals surface area (Å²) in [5, 5.41) is 9.71. The van der Waals surface area contributed by atoms with Crippen LogP contribution in [0.15, 0.2) is 52.3 Å². The average molecular weight is 252 g/mol. The molecule has 0 bridgehead atoms. The lowest BCUT2D eigenvalue weighted by molar-refractivity contribution is 0.478. The Hall–Kier alpha value is -1.32. The minimum absolute atomic E-state index is 0.0564. The van der Waals surface area contributed by atoms with Gasteiger partial charge in [0.25, 0.3) is 0 Å². The molecule has 0 aliphatic heterocycles. The van der Waals surface area contributed by atoms with E-state index in [1.807, 2.05) is 30.3 Å². The zero-order valence-corrected chi connectivity index (χ0v) is 9.92. The second-order valence-electron chi connectivity index (χ2n) is 3.26. The number of phenols is 1. The molecule has 0 fully saturated rings. The van der Waals surface area contributed by atoms with Crippen molar-refractivity contribution in [2.45, 2.75) is 9.79 Å². The van der Waals surface area contributed by atoms with Gasteiger partial charge in [-0.15, -0.1) is 0 Å². The van der Waals surface area contributed by atoms with Crippen molar-refractivity contribution in [3.8, 4) is 5.75 Å². The van der Waals surface area contributed by atoms with Gasteiger partial charge in [-0.2, -0.15) is 0 Å². The van der Waals surface area contributed by atoms with E-state index in [4.69, 9.17) is 17.3 Å². The quantitative estimate of drug-likeness (QED) is 0.631. The molecule has 0 aliphatic rings. The molecule has 2 aromatic carbocycles. The average Bonchev–Trinajstić information content (AvgIpc) is 2.27. The molecule has 0 spiro atoms. The highest BCUT2D eigenvalue weighted by molar-refractivity contribution is 7.99. The third-order valence-electron chi connectivity index (χ3n) is 2.05. The lowest BCUT2D eigenvalue weighted by Gasteiger charge is -2.06. The van der Waals surface area contributed by atoms with Gasteiger partial charge in [0, 0.05) is 9.79 Å². The van der Waals surface area contributed by atoms with E-state index < -0.39 is 0 Å². The van der Waals surface area contributed by atoms with Gasteiger partial charge in [0.1, 0.15) is 0 Å². The molecule has 0 saturated carbocycles. The molecule has 0 amide bonds. The van der Waals surface area contributed by atoms with Crippen molar-refractivity contribution in [2.75, 3.05) is 5.73 Å². The third kappa shape index (κ3) is 2.43. The van der Waals surface area contributed by atoms with E-state index in [1.54, 1.807) is 23.9 Å². The van der Waals surface area contributed by atoms with Crippen LogP contribution in [0, 0.1) is 0 Å². The van der Waals surface area contributed by atoms with Crippen LogP contribution in [-0.2, 0) is 0 Å². The van der Waals surface area contributed by atoms with E-state index in [9.17, 15) is 5.11 Å². The number of rotatable bonds is 2. The molecule has 0 radical (unpaired) electrons. The number of nitrogen functional groups attached to an aromatic ring is 1. The topological polar surface area (TPSA) is 46.2 Å². The van der Waals surface area contributed by atoms with Crippen LogP contribution in [0.2, 0.25) is 5.02 Å². The lowest BCUT2D eigenvalue weighted by atomic mass is 10.3. The SMILES string of the molecule is Nc1cc(Sc2ccccc2)cc(Cl)c1O. The van der Waals surface area contributed by atoms with Crippen molar-refractivity contribution in [3.63, 3.8) is 0 Å². The summed E-state index contributed by atoms with van der Waals surface area (Å²) in [6.45, 7) is 0. The fourth-order valence-corrected chi connectivity index (χ4v) is 2.50. The predicted molar refractivity (Wildman–Crippen MR) is 68.1 cm³/mol. The van der Waals surface area contributed by atoms with Gasteiger partial charge >= 0.3 is 0 Å². The molecule has 82 valence electrons. The van der Waals surface area contributed by atoms with E-state index in [0.717, 1.165) is 9.79 Å². The van der Waals surface area contributed by atoms with Crippen LogP contribution >= 0.6 is 23.4 Å². The number of halogens is 1. The Morgan fingerprint density at radius 2 is 1.75 bits per heavy atom. The minimum Gasteiger partial charge on any atom is -0.504 e. The van der Waals surface area contributed by atoms with Crippen LogP contribution < -0.4 is 5.73 Å². The summed E-state index contributed by atoms with van der Waals surface area (Å²) in [7, 11) is 0. The first-order valence-corrected chi connectivity index (χ1v) is 5.87. The number of benzene rings is 2. The number of hydrogen-bond donors (Lipinski definition) is 2. The van der Waals surface area contributed by atoms with Crippen LogP contribution in [0.1, 0.15) is 0 Å². The van der Waals surface area contributed by atoms with E-state index in [2.05, 4.69) is 0 Å². The first-order chi connectivity index (χ1) is 7.66. The summed E-state index contributed by atoms with van der Waals surface area (Å²) in [6, 6.07) is 13.3. The van der Waals surface area contributed by atoms with Crippen molar-refractivity contribution in [1.82, 2.24) is 0 Å². The Balaban J connectivity index is 2.29. The first kappa shape index (κ1) is 11.2. The lowest BCUT2D eigenvalue weighted by Crippen LogP contribution is -1.87. The smallest absolute Gasteiger partial charge is 0.157 e. The monoisotopic (exact) mass is 251 g/mol. The van der Waals surface area contributed by atoms with Gasteiger partial charge in [-0.05, 0) is 24.3 Å². The summed E-state index contributed by atoms with van der Waals surface area (Å²) in [5.74, 6) is -0.0564. The fraction of sp³-hybridized carbons (Fsp3) is 0. The molecule has 2 rings (SSSR count). The van der Waals surface area contributed by atoms with Crippen molar-refractivity contribution < 1.29 is 5.11 Å². The van der Waals surface area contributed by atoms with E-state index in [0.29, 0.717) is 5.69 Å². The van der Waals surface area contributed by atoms with Crippen LogP contribution in [0.25, 0.3) is 0 Å². The standard InChI is InChI=1S/C12H10ClNOS/c13-10-6-9(7-11(14)12(10)15)16-8-4-2-1-3-5-8/h1-7,15H,14H2. The van der Waals surface area contributed by atoms with Gasteiger partial charge < -0.3 is 10.8 Å². The van der Waals surface area contributed by atoms with E-state index in [-0.39, 0.29) is 10.8 Å². The number of hydrogen-bond acceptors (Lipinski definition) is 3. The summed E-state index contributed by atoms with van der Waals surface area (Å²) < 4.78 is 0. The molecule has 3 N–H and O–H groups in total. The zero-order chi connectivity index (χ0) is 11.5. The van der Waals surface area contributed by atoms with Crippen LogP contribution in [0.4, 0.5) is 5.69 Å².